The summed E-state index contributed by atoms with van der Waals surface area (Å²) in [6.45, 7) is 0.988. The van der Waals surface area contributed by atoms with Crippen LogP contribution in [0.15, 0.2) is 0 Å². The molecule has 20 aliphatic carbocycles. The Morgan fingerprint density at radius 3 is 0.904 bits per heavy atom. The molecule has 0 aromatic rings. The molecule has 0 amide bonds. The number of nitrogens with zero attached hydrogens (tertiary/aromatic N) is 4. The van der Waals surface area contributed by atoms with E-state index in [2.05, 4.69) is 19.6 Å². The van der Waals surface area contributed by atoms with Gasteiger partial charge in [-0.3, -0.25) is 19.6 Å². The van der Waals surface area contributed by atoms with Crippen molar-refractivity contribution in [1.29, 1.82) is 0 Å². The number of fused-ring (bicyclic) bond motifs is 12. The first kappa shape index (κ1) is 78.4. The molecule has 31 atom stereocenters. The van der Waals surface area contributed by atoms with E-state index < -0.39 is 0 Å². The lowest BCUT2D eigenvalue weighted by molar-refractivity contribution is -0.171. The highest BCUT2D eigenvalue weighted by Crippen LogP contribution is 2.72. The maximum atomic E-state index is 4.17. The normalized spacial score (nSPS) is 52.3. The predicted molar refractivity (Wildman–Crippen MR) is 479 cm³/mol. The first-order valence-electron chi connectivity index (χ1n) is 56.2. The van der Waals surface area contributed by atoms with Crippen molar-refractivity contribution in [3.8, 4) is 0 Å². The molecule has 24 fully saturated rings. The number of rotatable bonds is 11. The lowest BCUT2D eigenvalue weighted by Crippen LogP contribution is -2.78. The second kappa shape index (κ2) is 33.9. The molecule has 24 aliphatic rings. The molecule has 115 heavy (non-hydrogen) atoms. The summed E-state index contributed by atoms with van der Waals surface area (Å²) < 4.78 is 0. The summed E-state index contributed by atoms with van der Waals surface area (Å²) in [5.41, 5.74) is 0. The van der Waals surface area contributed by atoms with Gasteiger partial charge in [-0.25, -0.2) is 0 Å². The monoisotopic (exact) mass is 1570 g/mol. The molecule has 20 saturated carbocycles. The molecule has 4 heterocycles. The zero-order valence-electron chi connectivity index (χ0n) is 74.8. The van der Waals surface area contributed by atoms with E-state index in [4.69, 9.17) is 0 Å². The lowest BCUT2D eigenvalue weighted by atomic mass is 9.18. The summed E-state index contributed by atoms with van der Waals surface area (Å²) in [4.78, 5) is 15.7. The average Bonchev–Trinajstić information content (AvgIpc) is 1.38. The molecule has 0 aromatic carbocycles. The summed E-state index contributed by atoms with van der Waals surface area (Å²) in [6, 6.07) is 10.4. The van der Waals surface area contributed by atoms with Crippen LogP contribution in [0, 0.1) is 154 Å². The molecule has 0 N–H and O–H groups in total. The van der Waals surface area contributed by atoms with Crippen LogP contribution in [0.25, 0.3) is 0 Å². The lowest BCUT2D eigenvalue weighted by Gasteiger charge is -2.73. The van der Waals surface area contributed by atoms with Gasteiger partial charge in [-0.1, -0.05) is 302 Å². The Bertz CT molecular complexity index is 3080. The van der Waals surface area contributed by atoms with Crippen LogP contribution < -0.4 is 0 Å². The Morgan fingerprint density at radius 1 is 0.148 bits per heavy atom. The van der Waals surface area contributed by atoms with Gasteiger partial charge in [0.2, 0.25) is 0 Å². The summed E-state index contributed by atoms with van der Waals surface area (Å²) in [6.07, 6.45) is 111. The Labute approximate surface area is 708 Å². The molecule has 4 aliphatic heterocycles. The van der Waals surface area contributed by atoms with Crippen LogP contribution in [0.1, 0.15) is 443 Å². The van der Waals surface area contributed by atoms with Gasteiger partial charge in [0, 0.05) is 72.5 Å². The Kier molecular flexibility index (Phi) is 23.1. The van der Waals surface area contributed by atoms with E-state index in [9.17, 15) is 0 Å². The van der Waals surface area contributed by atoms with Gasteiger partial charge < -0.3 is 0 Å². The van der Waals surface area contributed by atoms with Crippen molar-refractivity contribution in [2.24, 2.45) is 154 Å². The van der Waals surface area contributed by atoms with Crippen molar-refractivity contribution in [2.45, 2.75) is 533 Å². The summed E-state index contributed by atoms with van der Waals surface area (Å²) in [5.74, 6) is 29.9. The van der Waals surface area contributed by atoms with E-state index >= 15 is 0 Å². The van der Waals surface area contributed by atoms with Gasteiger partial charge in [-0.05, 0) is 313 Å². The fourth-order valence-corrected chi connectivity index (χ4v) is 43.8. The third-order valence-corrected chi connectivity index (χ3v) is 47.0. The topological polar surface area (TPSA) is 13.0 Å². The van der Waals surface area contributed by atoms with E-state index in [1.807, 2.05) is 0 Å². The van der Waals surface area contributed by atoms with Gasteiger partial charge in [0.15, 0.2) is 6.71 Å². The molecule has 0 bridgehead atoms. The highest BCUT2D eigenvalue weighted by Gasteiger charge is 2.72. The Hall–Kier alpha value is -0.0951. The molecule has 5 heteroatoms. The maximum absolute atomic E-state index is 4.17. The van der Waals surface area contributed by atoms with Crippen molar-refractivity contribution in [2.75, 3.05) is 0 Å². The zero-order chi connectivity index (χ0) is 75.3. The van der Waals surface area contributed by atoms with Gasteiger partial charge in [0.25, 0.3) is 0 Å². The summed E-state index contributed by atoms with van der Waals surface area (Å²) >= 11 is 0. The molecule has 0 aromatic heterocycles. The minimum atomic E-state index is 0.815. The second-order valence-electron chi connectivity index (χ2n) is 50.5. The van der Waals surface area contributed by atoms with E-state index in [1.165, 1.54) is 0 Å². The molecular weight excluding hydrogens is 1390 g/mol. The third-order valence-electron chi connectivity index (χ3n) is 47.0. The quantitative estimate of drug-likeness (QED) is 0.191. The van der Waals surface area contributed by atoms with Crippen LogP contribution in [-0.2, 0) is 0 Å². The number of likely N-dealkylation sites (tertiary alicyclic amines) is 2. The maximum Gasteiger partial charge on any atom is 0.156 e. The van der Waals surface area contributed by atoms with Gasteiger partial charge in [-0.2, -0.15) is 0 Å². The van der Waals surface area contributed by atoms with E-state index in [-0.39, 0.29) is 0 Å². The Balaban J connectivity index is 0.711. The molecule has 0 spiro atoms. The smallest absolute Gasteiger partial charge is 0.156 e. The first-order valence-corrected chi connectivity index (χ1v) is 56.2. The van der Waals surface area contributed by atoms with E-state index in [0.29, 0.717) is 0 Å². The van der Waals surface area contributed by atoms with Gasteiger partial charge >= 0.3 is 0 Å². The van der Waals surface area contributed by atoms with E-state index in [0.717, 1.165) is 251 Å². The molecule has 642 valence electrons. The minimum absolute atomic E-state index is 0.815. The minimum Gasteiger partial charge on any atom is -0.295 e. The number of hydrogen-bond acceptors (Lipinski definition) is 4. The van der Waals surface area contributed by atoms with Crippen molar-refractivity contribution < 1.29 is 0 Å². The molecule has 24 rings (SSSR count). The largest absolute Gasteiger partial charge is 0.295 e. The van der Waals surface area contributed by atoms with Crippen molar-refractivity contribution >= 4 is 6.71 Å². The summed E-state index contributed by atoms with van der Waals surface area (Å²) in [7, 11) is 0. The van der Waals surface area contributed by atoms with Crippen molar-refractivity contribution in [1.82, 2.24) is 19.6 Å². The molecule has 4 saturated heterocycles. The van der Waals surface area contributed by atoms with Gasteiger partial charge in [0.05, 0.1) is 0 Å². The predicted octanol–water partition coefficient (Wildman–Crippen LogP) is 28.5. The highest BCUT2D eigenvalue weighted by atomic mass is 15.3. The third kappa shape index (κ3) is 13.9. The molecule has 31 unspecified atom stereocenters. The van der Waals surface area contributed by atoms with Gasteiger partial charge in [0.1, 0.15) is 0 Å². The SMILES string of the molecule is C1CCC(C2CC(C3CCCCC3)C(N3C4CC(C5CCC6CCCC7C8CCCC9CCCC(C98)C5C67)CCC4B4C5CCC(N6C7CCCCC7C7CCCCC76)CC5N(C5C(C6CCCCC6)CC(C6CCCCC6)CC5C5CCCCC5)C5CC(N6C7CCCCC7C7CCCCC76)CC3C45)C(C3CCCCC3)C2)CC1. The highest BCUT2D eigenvalue weighted by molar-refractivity contribution is 6.65. The molecule has 0 radical (unpaired) electrons. The standard InChI is InChI=1S/C110H179BN4/c1-7-30-70(31-8-1)79-62-91(72-34-11-3-12-35-72)109(92(63-79)73-36-13-4-14-37-73)114-101-66-78(83-59-56-77-44-28-50-89-88-49-27-42-76-43-29-51-90(105(76)88)107(83)106(77)89)57-60-95(101)111-96-61-58-81(112-97-52-23-19-45-84(97)85-46-20-24-53-98(85)112)67-102(96)115(104-69-82(68-103(114)108(104)111)113-99-54-25-21-47-86(99)87-48-22-26-55-100(87)113)110-93(74-38-15-5-16-39-74)64-80(71-32-9-2-10-33-71)65-94(110)75-40-17-6-18-41-75/h70-110H,1-69H2. The van der Waals surface area contributed by atoms with Crippen LogP contribution >= 0.6 is 0 Å². The fraction of sp³-hybridized carbons (Fsp3) is 1.00. The Morgan fingerprint density at radius 2 is 0.470 bits per heavy atom. The van der Waals surface area contributed by atoms with Gasteiger partial charge in [-0.15, -0.1) is 0 Å². The van der Waals surface area contributed by atoms with Crippen LogP contribution in [0.2, 0.25) is 17.5 Å². The zero-order valence-corrected chi connectivity index (χ0v) is 74.8. The molecule has 4 nitrogen and oxygen atoms in total. The van der Waals surface area contributed by atoms with E-state index in [1.54, 1.807) is 443 Å². The molecular formula is C110H179BN4. The summed E-state index contributed by atoms with van der Waals surface area (Å²) in [5, 5.41) is 0. The first-order chi connectivity index (χ1) is 57.1. The van der Waals surface area contributed by atoms with Crippen LogP contribution in [0.5, 0.6) is 0 Å². The van der Waals surface area contributed by atoms with Crippen LogP contribution in [0.3, 0.4) is 0 Å². The van der Waals surface area contributed by atoms with Crippen molar-refractivity contribution in [3.05, 3.63) is 0 Å². The van der Waals surface area contributed by atoms with Crippen LogP contribution in [-0.4, -0.2) is 98.8 Å². The fourth-order valence-electron chi connectivity index (χ4n) is 43.8. The van der Waals surface area contributed by atoms with Crippen LogP contribution in [0.4, 0.5) is 0 Å². The average molecular weight is 1570 g/mol. The van der Waals surface area contributed by atoms with Crippen molar-refractivity contribution in [3.63, 3.8) is 0 Å². The second-order valence-corrected chi connectivity index (χ2v) is 50.5. The number of hydrogen-bond donors (Lipinski definition) is 0.